The van der Waals surface area contributed by atoms with Crippen LogP contribution in [-0.4, -0.2) is 11.7 Å². The third-order valence-corrected chi connectivity index (χ3v) is 3.88. The highest BCUT2D eigenvalue weighted by molar-refractivity contribution is 9.10. The molecule has 1 aromatic carbocycles. The molecule has 0 bridgehead atoms. The number of aromatic hydroxyl groups is 1. The Morgan fingerprint density at radius 1 is 1.50 bits per heavy atom. The van der Waals surface area contributed by atoms with Gasteiger partial charge < -0.3 is 10.4 Å². The summed E-state index contributed by atoms with van der Waals surface area (Å²) in [5, 5.41) is 13.7. The van der Waals surface area contributed by atoms with E-state index in [2.05, 4.69) is 21.2 Å². The monoisotopic (exact) mass is 275 g/mol. The summed E-state index contributed by atoms with van der Waals surface area (Å²) < 4.78 is 0.588. The van der Waals surface area contributed by atoms with Crippen molar-refractivity contribution in [3.05, 3.63) is 27.2 Å². The van der Waals surface area contributed by atoms with Crippen molar-refractivity contribution in [1.29, 1.82) is 0 Å². The van der Waals surface area contributed by atoms with Gasteiger partial charge >= 0.3 is 0 Å². The number of nitrogens with one attached hydrogen (secondary N) is 1. The lowest BCUT2D eigenvalue weighted by molar-refractivity contribution is 0.454. The zero-order chi connectivity index (χ0) is 10.1. The highest BCUT2D eigenvalue weighted by atomic mass is 79.9. The van der Waals surface area contributed by atoms with Gasteiger partial charge in [-0.05, 0) is 41.4 Å². The molecule has 76 valence electrons. The lowest BCUT2D eigenvalue weighted by Crippen LogP contribution is -2.12. The van der Waals surface area contributed by atoms with Crippen molar-refractivity contribution in [2.45, 2.75) is 18.9 Å². The molecule has 0 spiro atoms. The third kappa shape index (κ3) is 1.76. The fourth-order valence-corrected chi connectivity index (χ4v) is 2.30. The summed E-state index contributed by atoms with van der Waals surface area (Å²) in [4.78, 5) is 0. The van der Waals surface area contributed by atoms with Crippen molar-refractivity contribution in [2.75, 3.05) is 6.54 Å². The van der Waals surface area contributed by atoms with E-state index in [-0.39, 0.29) is 11.8 Å². The minimum atomic E-state index is 0.261. The van der Waals surface area contributed by atoms with Crippen LogP contribution >= 0.6 is 27.5 Å². The van der Waals surface area contributed by atoms with E-state index in [1.165, 1.54) is 0 Å². The highest BCUT2D eigenvalue weighted by Crippen LogP contribution is 2.39. The molecule has 2 rings (SSSR count). The highest BCUT2D eigenvalue weighted by Gasteiger charge is 2.21. The number of halogens is 2. The molecule has 1 aliphatic heterocycles. The van der Waals surface area contributed by atoms with Gasteiger partial charge in [-0.1, -0.05) is 17.7 Å². The first-order valence-electron chi connectivity index (χ1n) is 4.60. The van der Waals surface area contributed by atoms with Crippen molar-refractivity contribution in [2.24, 2.45) is 0 Å². The summed E-state index contributed by atoms with van der Waals surface area (Å²) >= 11 is 9.13. The second-order valence-electron chi connectivity index (χ2n) is 3.45. The molecule has 0 unspecified atom stereocenters. The minimum absolute atomic E-state index is 0.261. The van der Waals surface area contributed by atoms with Gasteiger partial charge in [-0.2, -0.15) is 0 Å². The topological polar surface area (TPSA) is 32.3 Å². The Hall–Kier alpha value is -0.250. The molecule has 0 amide bonds. The molecule has 1 heterocycles. The van der Waals surface area contributed by atoms with Crippen molar-refractivity contribution in [3.8, 4) is 5.75 Å². The molecule has 1 aromatic rings. The molecule has 0 aromatic heterocycles. The number of benzene rings is 1. The number of hydrogen-bond donors (Lipinski definition) is 2. The molecule has 2 N–H and O–H groups in total. The summed E-state index contributed by atoms with van der Waals surface area (Å²) in [7, 11) is 0. The average molecular weight is 277 g/mol. The molecule has 0 saturated carbocycles. The molecular weight excluding hydrogens is 265 g/mol. The standard InChI is InChI=1S/C10H11BrClNO/c11-9-7(12)4-3-6(10(9)14)8-2-1-5-13-8/h3-4,8,13-14H,1-2,5H2/t8-/m1/s1. The van der Waals surface area contributed by atoms with Crippen molar-refractivity contribution in [1.82, 2.24) is 5.32 Å². The van der Waals surface area contributed by atoms with Gasteiger partial charge in [0.15, 0.2) is 0 Å². The maximum absolute atomic E-state index is 9.87. The maximum atomic E-state index is 9.87. The van der Waals surface area contributed by atoms with Gasteiger partial charge in [-0.25, -0.2) is 0 Å². The van der Waals surface area contributed by atoms with Crippen LogP contribution in [-0.2, 0) is 0 Å². The summed E-state index contributed by atoms with van der Waals surface area (Å²) in [6.45, 7) is 1.02. The first-order valence-corrected chi connectivity index (χ1v) is 5.77. The number of hydrogen-bond acceptors (Lipinski definition) is 2. The van der Waals surface area contributed by atoms with Crippen molar-refractivity contribution < 1.29 is 5.11 Å². The first kappa shape index (κ1) is 10.3. The van der Waals surface area contributed by atoms with E-state index in [9.17, 15) is 5.11 Å². The largest absolute Gasteiger partial charge is 0.506 e. The molecule has 0 aliphatic carbocycles. The Morgan fingerprint density at radius 2 is 2.29 bits per heavy atom. The predicted molar refractivity (Wildman–Crippen MR) is 60.8 cm³/mol. The number of phenolic OH excluding ortho intramolecular Hbond substituents is 1. The van der Waals surface area contributed by atoms with Crippen LogP contribution in [0, 0.1) is 0 Å². The van der Waals surface area contributed by atoms with E-state index in [0.717, 1.165) is 24.9 Å². The predicted octanol–water partition coefficient (Wildman–Crippen LogP) is 3.23. The van der Waals surface area contributed by atoms with Gasteiger partial charge in [0.25, 0.3) is 0 Å². The van der Waals surface area contributed by atoms with Crippen molar-refractivity contribution >= 4 is 27.5 Å². The van der Waals surface area contributed by atoms with Crippen LogP contribution < -0.4 is 5.32 Å². The van der Waals surface area contributed by atoms with Crippen LogP contribution in [0.3, 0.4) is 0 Å². The zero-order valence-corrected chi connectivity index (χ0v) is 9.90. The number of phenols is 1. The Bertz CT molecular complexity index is 350. The molecular formula is C10H11BrClNO. The van der Waals surface area contributed by atoms with Gasteiger partial charge in [-0.15, -0.1) is 0 Å². The van der Waals surface area contributed by atoms with Gasteiger partial charge in [0, 0.05) is 11.6 Å². The number of rotatable bonds is 1. The van der Waals surface area contributed by atoms with Gasteiger partial charge in [-0.3, -0.25) is 0 Å². The first-order chi connectivity index (χ1) is 6.70. The molecule has 1 atom stereocenters. The summed E-state index contributed by atoms with van der Waals surface area (Å²) in [6, 6.07) is 3.95. The van der Waals surface area contributed by atoms with Crippen molar-refractivity contribution in [3.63, 3.8) is 0 Å². The van der Waals surface area contributed by atoms with Gasteiger partial charge in [0.05, 0.1) is 9.50 Å². The molecule has 0 radical (unpaired) electrons. The molecule has 1 aliphatic rings. The maximum Gasteiger partial charge on any atom is 0.136 e. The van der Waals surface area contributed by atoms with Crippen LogP contribution in [0.15, 0.2) is 16.6 Å². The quantitative estimate of drug-likeness (QED) is 0.825. The minimum Gasteiger partial charge on any atom is -0.506 e. The van der Waals surface area contributed by atoms with Crippen LogP contribution in [0.1, 0.15) is 24.4 Å². The zero-order valence-electron chi connectivity index (χ0n) is 7.56. The smallest absolute Gasteiger partial charge is 0.136 e. The van der Waals surface area contributed by atoms with Crippen LogP contribution in [0.25, 0.3) is 0 Å². The fourth-order valence-electron chi connectivity index (χ4n) is 1.79. The molecule has 1 saturated heterocycles. The lowest BCUT2D eigenvalue weighted by Gasteiger charge is -2.13. The second kappa shape index (κ2) is 4.09. The second-order valence-corrected chi connectivity index (χ2v) is 4.65. The van der Waals surface area contributed by atoms with E-state index < -0.39 is 0 Å². The summed E-state index contributed by atoms with van der Waals surface area (Å²) in [5.41, 5.74) is 0.929. The lowest BCUT2D eigenvalue weighted by atomic mass is 10.0. The fraction of sp³-hybridized carbons (Fsp3) is 0.400. The van der Waals surface area contributed by atoms with Crippen LogP contribution in [0.4, 0.5) is 0 Å². The molecule has 14 heavy (non-hydrogen) atoms. The Morgan fingerprint density at radius 3 is 2.93 bits per heavy atom. The van der Waals surface area contributed by atoms with E-state index in [1.54, 1.807) is 6.07 Å². The van der Waals surface area contributed by atoms with E-state index in [4.69, 9.17) is 11.6 Å². The van der Waals surface area contributed by atoms with E-state index >= 15 is 0 Å². The normalized spacial score (nSPS) is 21.4. The van der Waals surface area contributed by atoms with E-state index in [0.29, 0.717) is 9.50 Å². The van der Waals surface area contributed by atoms with Crippen LogP contribution in [0.2, 0.25) is 5.02 Å². The molecule has 2 nitrogen and oxygen atoms in total. The van der Waals surface area contributed by atoms with Gasteiger partial charge in [0.2, 0.25) is 0 Å². The molecule has 4 heteroatoms. The van der Waals surface area contributed by atoms with Gasteiger partial charge in [0.1, 0.15) is 5.75 Å². The third-order valence-electron chi connectivity index (χ3n) is 2.54. The summed E-state index contributed by atoms with van der Waals surface area (Å²) in [6.07, 6.45) is 2.23. The summed E-state index contributed by atoms with van der Waals surface area (Å²) in [5.74, 6) is 0.261. The SMILES string of the molecule is Oc1c([C@H]2CCCN2)ccc(Cl)c1Br. The average Bonchev–Trinajstić information content (AvgIpc) is 2.67. The Kier molecular flexibility index (Phi) is 3.00. The van der Waals surface area contributed by atoms with Crippen LogP contribution in [0.5, 0.6) is 5.75 Å². The molecule has 1 fully saturated rings. The Balaban J connectivity index is 2.38. The Labute approximate surface area is 96.4 Å². The van der Waals surface area contributed by atoms with E-state index in [1.807, 2.05) is 6.07 Å².